The van der Waals surface area contributed by atoms with Gasteiger partial charge < -0.3 is 4.42 Å². The molecule has 0 aliphatic heterocycles. The predicted octanol–water partition coefficient (Wildman–Crippen LogP) is 1.80. The molecular weight excluding hydrogens is 314 g/mol. The minimum absolute atomic E-state index is 0.0447. The van der Waals surface area contributed by atoms with Gasteiger partial charge in [0.15, 0.2) is 0 Å². The maximum absolute atomic E-state index is 10.6. The van der Waals surface area contributed by atoms with Crippen molar-refractivity contribution in [3.63, 3.8) is 0 Å². The lowest BCUT2D eigenvalue weighted by Gasteiger charge is -1.95. The highest BCUT2D eigenvalue weighted by molar-refractivity contribution is 5.64. The topological polar surface area (TPSA) is 118 Å². The number of hydrogen-bond donors (Lipinski definition) is 0. The summed E-state index contributed by atoms with van der Waals surface area (Å²) < 4.78 is 8.79. The zero-order chi connectivity index (χ0) is 16.9. The lowest BCUT2D eigenvalue weighted by atomic mass is 10.3. The average molecular weight is 329 g/mol. The molecule has 3 heterocycles. The van der Waals surface area contributed by atoms with Crippen molar-refractivity contribution >= 4 is 17.8 Å². The van der Waals surface area contributed by atoms with E-state index < -0.39 is 4.92 Å². The SMILES string of the molecule is CCn1cc(/C=C/c2nnc(CCn3cc([N+](=O)[O-])cn3)o2)cn1. The first kappa shape index (κ1) is 15.6. The molecule has 124 valence electrons. The molecular formula is C14H15N7O3. The van der Waals surface area contributed by atoms with Crippen LogP contribution in [0, 0.1) is 10.1 Å². The van der Waals surface area contributed by atoms with Crippen LogP contribution in [0.3, 0.4) is 0 Å². The van der Waals surface area contributed by atoms with E-state index in [4.69, 9.17) is 4.42 Å². The monoisotopic (exact) mass is 329 g/mol. The van der Waals surface area contributed by atoms with Crippen LogP contribution in [0.1, 0.15) is 24.3 Å². The molecule has 3 aromatic rings. The number of aryl methyl sites for hydroxylation is 3. The maximum Gasteiger partial charge on any atom is 0.306 e. The van der Waals surface area contributed by atoms with Crippen molar-refractivity contribution in [1.29, 1.82) is 0 Å². The molecule has 0 spiro atoms. The van der Waals surface area contributed by atoms with Gasteiger partial charge >= 0.3 is 5.69 Å². The summed E-state index contributed by atoms with van der Waals surface area (Å²) in [5.74, 6) is 0.831. The zero-order valence-corrected chi connectivity index (χ0v) is 12.9. The van der Waals surface area contributed by atoms with Crippen LogP contribution in [0.2, 0.25) is 0 Å². The van der Waals surface area contributed by atoms with Crippen molar-refractivity contribution in [3.05, 3.63) is 52.2 Å². The lowest BCUT2D eigenvalue weighted by molar-refractivity contribution is -0.385. The number of hydrogen-bond acceptors (Lipinski definition) is 7. The Morgan fingerprint density at radius 3 is 2.75 bits per heavy atom. The normalized spacial score (nSPS) is 11.4. The molecule has 0 N–H and O–H groups in total. The first-order valence-corrected chi connectivity index (χ1v) is 7.34. The van der Waals surface area contributed by atoms with Gasteiger partial charge in [-0.2, -0.15) is 10.2 Å². The molecule has 0 bridgehead atoms. The quantitative estimate of drug-likeness (QED) is 0.479. The molecule has 0 atom stereocenters. The highest BCUT2D eigenvalue weighted by Gasteiger charge is 2.10. The third-order valence-electron chi connectivity index (χ3n) is 3.26. The van der Waals surface area contributed by atoms with Crippen LogP contribution < -0.4 is 0 Å². The Labute approximate surface area is 136 Å². The minimum atomic E-state index is -0.486. The molecule has 0 radical (unpaired) electrons. The summed E-state index contributed by atoms with van der Waals surface area (Å²) in [6.07, 6.45) is 10.2. The van der Waals surface area contributed by atoms with E-state index in [1.54, 1.807) is 12.3 Å². The Morgan fingerprint density at radius 1 is 1.21 bits per heavy atom. The molecule has 0 aliphatic rings. The summed E-state index contributed by atoms with van der Waals surface area (Å²) in [5, 5.41) is 26.6. The second-order valence-electron chi connectivity index (χ2n) is 4.97. The summed E-state index contributed by atoms with van der Waals surface area (Å²) in [6, 6.07) is 0. The van der Waals surface area contributed by atoms with E-state index in [1.165, 1.54) is 17.1 Å². The summed E-state index contributed by atoms with van der Waals surface area (Å²) in [7, 11) is 0. The van der Waals surface area contributed by atoms with Crippen LogP contribution in [-0.4, -0.2) is 34.7 Å². The average Bonchev–Trinajstić information content (AvgIpc) is 3.30. The van der Waals surface area contributed by atoms with E-state index >= 15 is 0 Å². The fraction of sp³-hybridized carbons (Fsp3) is 0.286. The molecule has 24 heavy (non-hydrogen) atoms. The largest absolute Gasteiger partial charge is 0.421 e. The van der Waals surface area contributed by atoms with Gasteiger partial charge in [-0.3, -0.25) is 19.5 Å². The Morgan fingerprint density at radius 2 is 2.04 bits per heavy atom. The minimum Gasteiger partial charge on any atom is -0.421 e. The molecule has 3 rings (SSSR count). The highest BCUT2D eigenvalue weighted by atomic mass is 16.6. The molecule has 0 fully saturated rings. The fourth-order valence-corrected chi connectivity index (χ4v) is 2.02. The first-order valence-electron chi connectivity index (χ1n) is 7.34. The summed E-state index contributed by atoms with van der Waals surface area (Å²) in [5.41, 5.74) is 0.900. The van der Waals surface area contributed by atoms with E-state index in [1.807, 2.05) is 23.9 Å². The Bertz CT molecular complexity index is 861. The van der Waals surface area contributed by atoms with Crippen LogP contribution >= 0.6 is 0 Å². The molecule has 10 heteroatoms. The van der Waals surface area contributed by atoms with Gasteiger partial charge in [0.25, 0.3) is 0 Å². The summed E-state index contributed by atoms with van der Waals surface area (Å²) in [6.45, 7) is 3.24. The van der Waals surface area contributed by atoms with Crippen LogP contribution in [0.4, 0.5) is 5.69 Å². The standard InChI is InChI=1S/C14H15N7O3/c1-2-19-9-11(7-15-19)3-4-13-17-18-14(24-13)5-6-20-10-12(8-16-20)21(22)23/h3-4,7-10H,2,5-6H2,1H3/b4-3+. The summed E-state index contributed by atoms with van der Waals surface area (Å²) in [4.78, 5) is 10.1. The number of aromatic nitrogens is 6. The van der Waals surface area contributed by atoms with Gasteiger partial charge in [-0.25, -0.2) is 0 Å². The molecule has 0 amide bonds. The van der Waals surface area contributed by atoms with E-state index in [0.29, 0.717) is 24.7 Å². The second-order valence-corrected chi connectivity index (χ2v) is 4.97. The molecule has 0 saturated heterocycles. The van der Waals surface area contributed by atoms with Crippen LogP contribution in [0.15, 0.2) is 29.2 Å². The zero-order valence-electron chi connectivity index (χ0n) is 12.9. The predicted molar refractivity (Wildman–Crippen MR) is 83.7 cm³/mol. The van der Waals surface area contributed by atoms with Gasteiger partial charge in [-0.15, -0.1) is 10.2 Å². The van der Waals surface area contributed by atoms with Gasteiger partial charge in [0.2, 0.25) is 11.8 Å². The van der Waals surface area contributed by atoms with Crippen molar-refractivity contribution in [2.45, 2.75) is 26.4 Å². The van der Waals surface area contributed by atoms with Crippen molar-refractivity contribution in [2.75, 3.05) is 0 Å². The third kappa shape index (κ3) is 3.72. The highest BCUT2D eigenvalue weighted by Crippen LogP contribution is 2.10. The fourth-order valence-electron chi connectivity index (χ4n) is 2.02. The van der Waals surface area contributed by atoms with Crippen molar-refractivity contribution < 1.29 is 9.34 Å². The Kier molecular flexibility index (Phi) is 4.45. The van der Waals surface area contributed by atoms with Crippen LogP contribution in [0.25, 0.3) is 12.2 Å². The number of nitrogens with zero attached hydrogens (tertiary/aromatic N) is 7. The molecule has 0 unspecified atom stereocenters. The van der Waals surface area contributed by atoms with E-state index in [2.05, 4.69) is 20.4 Å². The third-order valence-corrected chi connectivity index (χ3v) is 3.26. The first-order chi connectivity index (χ1) is 11.6. The van der Waals surface area contributed by atoms with E-state index in [-0.39, 0.29) is 5.69 Å². The van der Waals surface area contributed by atoms with Crippen molar-refractivity contribution in [1.82, 2.24) is 29.8 Å². The number of nitro groups is 1. The van der Waals surface area contributed by atoms with E-state index in [9.17, 15) is 10.1 Å². The molecule has 0 aromatic carbocycles. The lowest BCUT2D eigenvalue weighted by Crippen LogP contribution is -2.01. The second kappa shape index (κ2) is 6.86. The molecule has 0 saturated carbocycles. The molecule has 0 aliphatic carbocycles. The van der Waals surface area contributed by atoms with Gasteiger partial charge in [-0.05, 0) is 13.0 Å². The number of rotatable bonds is 7. The molecule has 3 aromatic heterocycles. The molecule has 10 nitrogen and oxygen atoms in total. The summed E-state index contributed by atoms with van der Waals surface area (Å²) >= 11 is 0. The van der Waals surface area contributed by atoms with Gasteiger partial charge in [0.1, 0.15) is 12.4 Å². The van der Waals surface area contributed by atoms with Crippen LogP contribution in [0.5, 0.6) is 0 Å². The van der Waals surface area contributed by atoms with Crippen molar-refractivity contribution in [2.24, 2.45) is 0 Å². The maximum atomic E-state index is 10.6. The van der Waals surface area contributed by atoms with Crippen molar-refractivity contribution in [3.8, 4) is 0 Å². The van der Waals surface area contributed by atoms with Gasteiger partial charge in [-0.1, -0.05) is 0 Å². The van der Waals surface area contributed by atoms with Crippen LogP contribution in [-0.2, 0) is 19.5 Å². The van der Waals surface area contributed by atoms with Gasteiger partial charge in [0.05, 0.1) is 11.1 Å². The Hall–Kier alpha value is -3.30. The smallest absolute Gasteiger partial charge is 0.306 e. The Balaban J connectivity index is 1.57. The van der Waals surface area contributed by atoms with Gasteiger partial charge in [0, 0.05) is 37.3 Å². The van der Waals surface area contributed by atoms with E-state index in [0.717, 1.165) is 12.1 Å².